The zero-order chi connectivity index (χ0) is 19.1. The second-order valence-electron chi connectivity index (χ2n) is 7.42. The number of amides is 1. The zero-order valence-electron chi connectivity index (χ0n) is 16.3. The topological polar surface area (TPSA) is 54.3 Å². The fourth-order valence-electron chi connectivity index (χ4n) is 3.66. The molecule has 1 saturated heterocycles. The Hall–Kier alpha value is -2.41. The molecule has 0 bridgehead atoms. The largest absolute Gasteiger partial charge is 0.345 e. The molecule has 2 aromatic heterocycles. The highest BCUT2D eigenvalue weighted by Gasteiger charge is 2.26. The van der Waals surface area contributed by atoms with Crippen LogP contribution in [0.15, 0.2) is 24.4 Å². The number of carbonyl (C=O) groups excluding carboxylic acids is 1. The highest BCUT2D eigenvalue weighted by molar-refractivity contribution is 7.22. The minimum Gasteiger partial charge on any atom is -0.345 e. The first kappa shape index (κ1) is 18.0. The van der Waals surface area contributed by atoms with E-state index in [1.807, 2.05) is 18.9 Å². The number of aryl methyl sites for hydroxylation is 2. The van der Waals surface area contributed by atoms with Gasteiger partial charge in [-0.15, -0.1) is 0 Å². The van der Waals surface area contributed by atoms with Gasteiger partial charge in [-0.3, -0.25) is 9.48 Å². The molecule has 0 aliphatic carbocycles. The number of nitrogens with zero attached hydrogens (tertiary/aromatic N) is 5. The van der Waals surface area contributed by atoms with E-state index < -0.39 is 0 Å². The normalized spacial score (nSPS) is 15.1. The molecule has 1 aromatic carbocycles. The van der Waals surface area contributed by atoms with Crippen molar-refractivity contribution < 1.29 is 4.79 Å². The Kier molecular flexibility index (Phi) is 4.63. The molecule has 142 valence electrons. The fourth-order valence-corrected chi connectivity index (χ4v) is 4.72. The third-order valence-electron chi connectivity index (χ3n) is 5.22. The maximum atomic E-state index is 12.8. The summed E-state index contributed by atoms with van der Waals surface area (Å²) in [5.41, 5.74) is 4.04. The van der Waals surface area contributed by atoms with Gasteiger partial charge in [0.05, 0.1) is 16.4 Å². The number of anilines is 1. The first-order valence-electron chi connectivity index (χ1n) is 9.38. The van der Waals surface area contributed by atoms with E-state index in [1.54, 1.807) is 22.2 Å². The number of piperazine rings is 1. The van der Waals surface area contributed by atoms with Crippen LogP contribution in [0.4, 0.5) is 5.13 Å². The minimum absolute atomic E-state index is 0.0681. The zero-order valence-corrected chi connectivity index (χ0v) is 17.1. The predicted octanol–water partition coefficient (Wildman–Crippen LogP) is 3.42. The van der Waals surface area contributed by atoms with Crippen molar-refractivity contribution in [1.82, 2.24) is 19.7 Å². The number of aromatic nitrogens is 3. The van der Waals surface area contributed by atoms with Crippen molar-refractivity contribution >= 4 is 32.6 Å². The molecule has 1 fully saturated rings. The Labute approximate surface area is 163 Å². The van der Waals surface area contributed by atoms with Gasteiger partial charge in [0.25, 0.3) is 5.91 Å². The molecule has 27 heavy (non-hydrogen) atoms. The Bertz CT molecular complexity index is 962. The molecule has 0 spiro atoms. The van der Waals surface area contributed by atoms with Gasteiger partial charge >= 0.3 is 0 Å². The molecule has 0 unspecified atom stereocenters. The molecule has 6 nitrogen and oxygen atoms in total. The molecule has 0 radical (unpaired) electrons. The molecular weight excluding hydrogens is 358 g/mol. The third-order valence-corrected chi connectivity index (χ3v) is 6.30. The van der Waals surface area contributed by atoms with Crippen molar-refractivity contribution in [2.24, 2.45) is 7.05 Å². The summed E-state index contributed by atoms with van der Waals surface area (Å²) in [5, 5.41) is 5.25. The number of para-hydroxylation sites is 1. The first-order chi connectivity index (χ1) is 13.0. The van der Waals surface area contributed by atoms with Crippen LogP contribution < -0.4 is 4.90 Å². The van der Waals surface area contributed by atoms with Crippen LogP contribution in [-0.4, -0.2) is 51.8 Å². The predicted molar refractivity (Wildman–Crippen MR) is 110 cm³/mol. The molecule has 0 N–H and O–H groups in total. The summed E-state index contributed by atoms with van der Waals surface area (Å²) >= 11 is 1.74. The number of thiazole rings is 1. The number of hydrogen-bond acceptors (Lipinski definition) is 5. The van der Waals surface area contributed by atoms with Crippen LogP contribution in [0.3, 0.4) is 0 Å². The smallest absolute Gasteiger partial charge is 0.272 e. The van der Waals surface area contributed by atoms with E-state index in [2.05, 4.69) is 42.0 Å². The van der Waals surface area contributed by atoms with Crippen molar-refractivity contribution in [2.75, 3.05) is 31.1 Å². The van der Waals surface area contributed by atoms with Gasteiger partial charge in [-0.2, -0.15) is 5.10 Å². The van der Waals surface area contributed by atoms with Crippen molar-refractivity contribution in [3.63, 3.8) is 0 Å². The summed E-state index contributed by atoms with van der Waals surface area (Å²) in [4.78, 5) is 22.0. The highest BCUT2D eigenvalue weighted by atomic mass is 32.1. The van der Waals surface area contributed by atoms with E-state index in [4.69, 9.17) is 4.98 Å². The molecule has 0 saturated carbocycles. The quantitative estimate of drug-likeness (QED) is 0.695. The van der Waals surface area contributed by atoms with Gasteiger partial charge in [-0.05, 0) is 30.0 Å². The van der Waals surface area contributed by atoms with Crippen LogP contribution >= 0.6 is 11.3 Å². The lowest BCUT2D eigenvalue weighted by molar-refractivity contribution is 0.0735. The van der Waals surface area contributed by atoms with Gasteiger partial charge in [0.15, 0.2) is 5.13 Å². The molecule has 3 heterocycles. The summed E-state index contributed by atoms with van der Waals surface area (Å²) in [6.45, 7) is 9.37. The van der Waals surface area contributed by atoms with E-state index >= 15 is 0 Å². The van der Waals surface area contributed by atoms with Crippen LogP contribution in [0, 0.1) is 6.92 Å². The molecule has 0 atom stereocenters. The van der Waals surface area contributed by atoms with E-state index in [0.29, 0.717) is 24.7 Å². The summed E-state index contributed by atoms with van der Waals surface area (Å²) in [6.07, 6.45) is 1.75. The Balaban J connectivity index is 1.50. The lowest BCUT2D eigenvalue weighted by Gasteiger charge is -2.34. The second-order valence-corrected chi connectivity index (χ2v) is 8.43. The van der Waals surface area contributed by atoms with Crippen molar-refractivity contribution in [1.29, 1.82) is 0 Å². The van der Waals surface area contributed by atoms with Gasteiger partial charge < -0.3 is 9.80 Å². The maximum Gasteiger partial charge on any atom is 0.272 e. The molecular formula is C20H25N5OS. The fraction of sp³-hybridized carbons (Fsp3) is 0.450. The van der Waals surface area contributed by atoms with Crippen molar-refractivity contribution in [2.45, 2.75) is 26.7 Å². The number of fused-ring (bicyclic) bond motifs is 1. The average Bonchev–Trinajstić information content (AvgIpc) is 3.24. The molecule has 4 rings (SSSR count). The Morgan fingerprint density at radius 3 is 2.56 bits per heavy atom. The van der Waals surface area contributed by atoms with Crippen molar-refractivity contribution in [3.05, 3.63) is 41.2 Å². The third kappa shape index (κ3) is 3.20. The summed E-state index contributed by atoms with van der Waals surface area (Å²) < 4.78 is 2.91. The molecule has 1 amide bonds. The molecule has 7 heteroatoms. The van der Waals surface area contributed by atoms with Gasteiger partial charge in [0.2, 0.25) is 0 Å². The van der Waals surface area contributed by atoms with Crippen LogP contribution in [-0.2, 0) is 7.05 Å². The van der Waals surface area contributed by atoms with Gasteiger partial charge in [-0.1, -0.05) is 37.3 Å². The number of rotatable bonds is 3. The van der Waals surface area contributed by atoms with Crippen LogP contribution in [0.2, 0.25) is 0 Å². The number of carbonyl (C=O) groups is 1. The summed E-state index contributed by atoms with van der Waals surface area (Å²) in [5.74, 6) is 0.527. The maximum absolute atomic E-state index is 12.8. The van der Waals surface area contributed by atoms with Gasteiger partial charge in [-0.25, -0.2) is 4.98 Å². The average molecular weight is 384 g/mol. The Morgan fingerprint density at radius 2 is 1.93 bits per heavy atom. The van der Waals surface area contributed by atoms with Crippen molar-refractivity contribution in [3.8, 4) is 0 Å². The van der Waals surface area contributed by atoms with E-state index in [9.17, 15) is 4.79 Å². The van der Waals surface area contributed by atoms with Gasteiger partial charge in [0.1, 0.15) is 5.69 Å². The lowest BCUT2D eigenvalue weighted by Crippen LogP contribution is -2.49. The number of benzene rings is 1. The van der Waals surface area contributed by atoms with Crippen LogP contribution in [0.1, 0.15) is 41.4 Å². The van der Waals surface area contributed by atoms with E-state index in [0.717, 1.165) is 29.3 Å². The first-order valence-corrected chi connectivity index (χ1v) is 10.2. The van der Waals surface area contributed by atoms with Crippen LogP contribution in [0.5, 0.6) is 0 Å². The number of hydrogen-bond donors (Lipinski definition) is 0. The molecule has 3 aromatic rings. The summed E-state index contributed by atoms with van der Waals surface area (Å²) in [6, 6.07) is 6.43. The monoisotopic (exact) mass is 383 g/mol. The Morgan fingerprint density at radius 1 is 1.19 bits per heavy atom. The van der Waals surface area contributed by atoms with E-state index in [1.165, 1.54) is 10.3 Å². The summed E-state index contributed by atoms with van der Waals surface area (Å²) in [7, 11) is 1.82. The molecule has 1 aliphatic rings. The van der Waals surface area contributed by atoms with E-state index in [-0.39, 0.29) is 5.91 Å². The van der Waals surface area contributed by atoms with Crippen LogP contribution in [0.25, 0.3) is 10.2 Å². The SMILES string of the molecule is Cc1cnn(C)c1C(=O)N1CCN(c2nc3c(C(C)C)cccc3s2)CC1. The lowest BCUT2D eigenvalue weighted by atomic mass is 10.0. The minimum atomic E-state index is 0.0681. The standard InChI is InChI=1S/C20H25N5OS/c1-13(2)15-6-5-7-16-17(15)22-20(27-16)25-10-8-24(9-11-25)19(26)18-14(3)12-21-23(18)4/h5-7,12-13H,8-11H2,1-4H3. The van der Waals surface area contributed by atoms with Gasteiger partial charge in [0, 0.05) is 33.2 Å². The highest BCUT2D eigenvalue weighted by Crippen LogP contribution is 2.33. The second kappa shape index (κ2) is 6.96. The molecule has 1 aliphatic heterocycles.